The summed E-state index contributed by atoms with van der Waals surface area (Å²) in [5, 5.41) is 3.16. The van der Waals surface area contributed by atoms with E-state index in [9.17, 15) is 14.4 Å². The fraction of sp³-hybridized carbons (Fsp3) is 0.125. The number of benzene rings is 3. The molecular formula is C24H19NO4. The molecule has 5 nitrogen and oxygen atoms in total. The van der Waals surface area contributed by atoms with Crippen LogP contribution >= 0.6 is 0 Å². The number of anilines is 1. The average molecular weight is 385 g/mol. The van der Waals surface area contributed by atoms with Gasteiger partial charge in [0.25, 0.3) is 0 Å². The Labute approximate surface area is 168 Å². The number of carbonyl (C=O) groups is 3. The fourth-order valence-electron chi connectivity index (χ4n) is 3.71. The molecule has 0 aromatic heterocycles. The summed E-state index contributed by atoms with van der Waals surface area (Å²) in [5.41, 5.74) is 0.675. The highest BCUT2D eigenvalue weighted by molar-refractivity contribution is 6.34. The first kappa shape index (κ1) is 18.6. The number of hydrogen-bond donors (Lipinski definition) is 1. The molecule has 0 bridgehead atoms. The topological polar surface area (TPSA) is 72.5 Å². The van der Waals surface area contributed by atoms with Gasteiger partial charge in [-0.25, -0.2) is 0 Å². The maximum Gasteiger partial charge on any atom is 0.201 e. The monoisotopic (exact) mass is 385 g/mol. The van der Waals surface area contributed by atoms with Crippen LogP contribution in [0.3, 0.4) is 0 Å². The van der Waals surface area contributed by atoms with Crippen LogP contribution in [0.25, 0.3) is 0 Å². The highest BCUT2D eigenvalue weighted by Gasteiger charge is 2.54. The summed E-state index contributed by atoms with van der Waals surface area (Å²) in [6, 6.07) is 20.5. The zero-order valence-electron chi connectivity index (χ0n) is 16.1. The average Bonchev–Trinajstić information content (AvgIpc) is 2.97. The van der Waals surface area contributed by atoms with Gasteiger partial charge in [0, 0.05) is 22.4 Å². The molecule has 3 aromatic carbocycles. The van der Waals surface area contributed by atoms with Crippen LogP contribution in [0.2, 0.25) is 0 Å². The van der Waals surface area contributed by atoms with E-state index in [1.54, 1.807) is 79.9 Å². The molecule has 29 heavy (non-hydrogen) atoms. The maximum absolute atomic E-state index is 13.5. The van der Waals surface area contributed by atoms with Crippen molar-refractivity contribution in [3.8, 4) is 5.75 Å². The molecular weight excluding hydrogens is 366 g/mol. The standard InChI is InChI=1S/C24H19NO4/c1-15(26)16-6-5-7-18(14-16)25-24(17-10-12-19(29-2)13-11-17)22(27)20-8-3-4-9-21(20)23(24)28/h3-14,25H,1-2H3. The molecule has 0 fully saturated rings. The van der Waals surface area contributed by atoms with Crippen LogP contribution < -0.4 is 10.1 Å². The quantitative estimate of drug-likeness (QED) is 0.524. The van der Waals surface area contributed by atoms with Gasteiger partial charge in [0.05, 0.1) is 7.11 Å². The Morgan fingerprint density at radius 1 is 0.862 bits per heavy atom. The van der Waals surface area contributed by atoms with Gasteiger partial charge in [-0.15, -0.1) is 0 Å². The number of nitrogens with one attached hydrogen (secondary N) is 1. The van der Waals surface area contributed by atoms with Gasteiger partial charge in [-0.1, -0.05) is 48.5 Å². The van der Waals surface area contributed by atoms with Crippen LogP contribution in [-0.2, 0) is 5.54 Å². The van der Waals surface area contributed by atoms with Crippen molar-refractivity contribution >= 4 is 23.0 Å². The van der Waals surface area contributed by atoms with E-state index in [1.165, 1.54) is 6.92 Å². The third-order valence-corrected chi connectivity index (χ3v) is 5.22. The molecule has 1 N–H and O–H groups in total. The molecule has 1 aliphatic carbocycles. The highest BCUT2D eigenvalue weighted by atomic mass is 16.5. The number of methoxy groups -OCH3 is 1. The molecule has 0 atom stereocenters. The number of carbonyl (C=O) groups excluding carboxylic acids is 3. The fourth-order valence-corrected chi connectivity index (χ4v) is 3.71. The first-order valence-electron chi connectivity index (χ1n) is 9.19. The number of ether oxygens (including phenoxy) is 1. The normalized spacial score (nSPS) is 14.4. The zero-order chi connectivity index (χ0) is 20.6. The summed E-state index contributed by atoms with van der Waals surface area (Å²) in [4.78, 5) is 38.8. The van der Waals surface area contributed by atoms with Crippen molar-refractivity contribution in [3.05, 3.63) is 95.1 Å². The second kappa shape index (κ2) is 7.02. The third-order valence-electron chi connectivity index (χ3n) is 5.22. The van der Waals surface area contributed by atoms with Crippen LogP contribution in [0.1, 0.15) is 43.6 Å². The van der Waals surface area contributed by atoms with E-state index in [-0.39, 0.29) is 17.3 Å². The van der Waals surface area contributed by atoms with Crippen molar-refractivity contribution in [2.45, 2.75) is 12.5 Å². The maximum atomic E-state index is 13.5. The SMILES string of the molecule is COc1ccc(C2(Nc3cccc(C(C)=O)c3)C(=O)c3ccccc3C2=O)cc1. The highest BCUT2D eigenvalue weighted by Crippen LogP contribution is 2.41. The summed E-state index contributed by atoms with van der Waals surface area (Å²) < 4.78 is 5.21. The van der Waals surface area contributed by atoms with Crippen LogP contribution in [0.5, 0.6) is 5.75 Å². The van der Waals surface area contributed by atoms with Crippen molar-refractivity contribution in [2.75, 3.05) is 12.4 Å². The molecule has 144 valence electrons. The van der Waals surface area contributed by atoms with Gasteiger partial charge in [0.15, 0.2) is 11.3 Å². The lowest BCUT2D eigenvalue weighted by Gasteiger charge is -2.29. The van der Waals surface area contributed by atoms with Crippen LogP contribution in [0.4, 0.5) is 5.69 Å². The van der Waals surface area contributed by atoms with Gasteiger partial charge < -0.3 is 10.1 Å². The molecule has 5 heteroatoms. The summed E-state index contributed by atoms with van der Waals surface area (Å²) in [6.45, 7) is 1.47. The van der Waals surface area contributed by atoms with Gasteiger partial charge in [0.2, 0.25) is 11.6 Å². The number of ketones is 3. The van der Waals surface area contributed by atoms with Gasteiger partial charge in [-0.3, -0.25) is 14.4 Å². The number of fused-ring (bicyclic) bond motifs is 1. The molecule has 0 aliphatic heterocycles. The number of rotatable bonds is 5. The van der Waals surface area contributed by atoms with Gasteiger partial charge in [0.1, 0.15) is 5.75 Å². The van der Waals surface area contributed by atoms with E-state index in [1.807, 2.05) is 0 Å². The molecule has 0 heterocycles. The van der Waals surface area contributed by atoms with E-state index in [0.717, 1.165) is 0 Å². The number of Topliss-reactive ketones (excluding diaryl/α,β-unsaturated/α-hetero) is 3. The predicted octanol–water partition coefficient (Wildman–Crippen LogP) is 4.28. The zero-order valence-corrected chi connectivity index (χ0v) is 16.1. The molecule has 1 aliphatic rings. The smallest absolute Gasteiger partial charge is 0.201 e. The molecule has 0 saturated heterocycles. The van der Waals surface area contributed by atoms with E-state index in [4.69, 9.17) is 4.74 Å². The van der Waals surface area contributed by atoms with Crippen LogP contribution in [-0.4, -0.2) is 24.5 Å². The summed E-state index contributed by atoms with van der Waals surface area (Å²) in [6.07, 6.45) is 0. The minimum absolute atomic E-state index is 0.0977. The molecule has 4 rings (SSSR count). The van der Waals surface area contributed by atoms with E-state index in [2.05, 4.69) is 5.32 Å². The van der Waals surface area contributed by atoms with Crippen molar-refractivity contribution in [2.24, 2.45) is 0 Å². The largest absolute Gasteiger partial charge is 0.497 e. The van der Waals surface area contributed by atoms with E-state index < -0.39 is 5.54 Å². The summed E-state index contributed by atoms with van der Waals surface area (Å²) in [5.74, 6) is -0.120. The van der Waals surface area contributed by atoms with Gasteiger partial charge in [-0.2, -0.15) is 0 Å². The lowest BCUT2D eigenvalue weighted by molar-refractivity contribution is 0.0818. The Kier molecular flexibility index (Phi) is 4.51. The lowest BCUT2D eigenvalue weighted by atomic mass is 9.84. The van der Waals surface area contributed by atoms with E-state index >= 15 is 0 Å². The predicted molar refractivity (Wildman–Crippen MR) is 110 cm³/mol. The van der Waals surface area contributed by atoms with Crippen molar-refractivity contribution < 1.29 is 19.1 Å². The Morgan fingerprint density at radius 2 is 1.48 bits per heavy atom. The Balaban J connectivity index is 1.89. The first-order valence-corrected chi connectivity index (χ1v) is 9.19. The van der Waals surface area contributed by atoms with Crippen molar-refractivity contribution in [1.82, 2.24) is 0 Å². The molecule has 0 saturated carbocycles. The molecule has 0 spiro atoms. The molecule has 0 unspecified atom stereocenters. The minimum atomic E-state index is -1.61. The minimum Gasteiger partial charge on any atom is -0.497 e. The number of hydrogen-bond acceptors (Lipinski definition) is 5. The summed E-state index contributed by atoms with van der Waals surface area (Å²) >= 11 is 0. The Hall–Kier alpha value is -3.73. The molecule has 3 aromatic rings. The lowest BCUT2D eigenvalue weighted by Crippen LogP contribution is -2.46. The van der Waals surface area contributed by atoms with Gasteiger partial charge >= 0.3 is 0 Å². The van der Waals surface area contributed by atoms with Crippen molar-refractivity contribution in [3.63, 3.8) is 0 Å². The first-order chi connectivity index (χ1) is 14.0. The van der Waals surface area contributed by atoms with Crippen molar-refractivity contribution in [1.29, 1.82) is 0 Å². The second-order valence-electron chi connectivity index (χ2n) is 6.94. The van der Waals surface area contributed by atoms with Crippen LogP contribution in [0.15, 0.2) is 72.8 Å². The van der Waals surface area contributed by atoms with E-state index in [0.29, 0.717) is 33.7 Å². The Morgan fingerprint density at radius 3 is 2.03 bits per heavy atom. The van der Waals surface area contributed by atoms with Gasteiger partial charge in [-0.05, 0) is 36.8 Å². The third kappa shape index (κ3) is 2.91. The second-order valence-corrected chi connectivity index (χ2v) is 6.94. The van der Waals surface area contributed by atoms with Crippen LogP contribution in [0, 0.1) is 0 Å². The Bertz CT molecular complexity index is 1100. The molecule has 0 radical (unpaired) electrons. The summed E-state index contributed by atoms with van der Waals surface area (Å²) in [7, 11) is 1.55. The molecule has 0 amide bonds.